The lowest BCUT2D eigenvalue weighted by Crippen LogP contribution is -2.00. The Labute approximate surface area is 95.1 Å². The summed E-state index contributed by atoms with van der Waals surface area (Å²) in [5.41, 5.74) is 8.80. The molecule has 0 bridgehead atoms. The van der Waals surface area contributed by atoms with Gasteiger partial charge < -0.3 is 10.3 Å². The van der Waals surface area contributed by atoms with Crippen molar-refractivity contribution in [2.45, 2.75) is 27.3 Å². The number of rotatable bonds is 2. The lowest BCUT2D eigenvalue weighted by molar-refractivity contribution is 0.737. The van der Waals surface area contributed by atoms with Crippen LogP contribution in [-0.2, 0) is 6.54 Å². The van der Waals surface area contributed by atoms with E-state index in [1.54, 1.807) is 0 Å². The number of benzene rings is 1. The van der Waals surface area contributed by atoms with E-state index in [0.717, 1.165) is 35.0 Å². The summed E-state index contributed by atoms with van der Waals surface area (Å²) >= 11 is 0. The van der Waals surface area contributed by atoms with Gasteiger partial charge in [0, 0.05) is 17.8 Å². The quantitative estimate of drug-likeness (QED) is 0.783. The van der Waals surface area contributed by atoms with Gasteiger partial charge in [-0.2, -0.15) is 0 Å². The molecule has 2 N–H and O–H groups in total. The van der Waals surface area contributed by atoms with E-state index >= 15 is 0 Å². The Morgan fingerprint density at radius 3 is 2.62 bits per heavy atom. The first-order valence-corrected chi connectivity index (χ1v) is 5.39. The monoisotopic (exact) mass is 216 g/mol. The average Bonchev–Trinajstić information content (AvgIpc) is 2.63. The van der Waals surface area contributed by atoms with Crippen LogP contribution in [0.4, 0.5) is 5.69 Å². The molecule has 0 atom stereocenters. The molecule has 4 heteroatoms. The van der Waals surface area contributed by atoms with Crippen LogP contribution in [0.3, 0.4) is 0 Å². The van der Waals surface area contributed by atoms with Crippen molar-refractivity contribution in [2.75, 3.05) is 5.73 Å². The SMILES string of the molecule is CCn1c(C)nnc1-c1ccc(C)c(N)c1. The van der Waals surface area contributed by atoms with Crippen LogP contribution < -0.4 is 5.73 Å². The Bertz CT molecular complexity index is 514. The lowest BCUT2D eigenvalue weighted by atomic mass is 10.1. The highest BCUT2D eigenvalue weighted by atomic mass is 15.3. The third-order valence-corrected chi connectivity index (χ3v) is 2.79. The first-order chi connectivity index (χ1) is 7.63. The molecular weight excluding hydrogens is 200 g/mol. The summed E-state index contributed by atoms with van der Waals surface area (Å²) < 4.78 is 2.07. The molecule has 0 spiro atoms. The van der Waals surface area contributed by atoms with Crippen molar-refractivity contribution in [3.8, 4) is 11.4 Å². The fraction of sp³-hybridized carbons (Fsp3) is 0.333. The van der Waals surface area contributed by atoms with Crippen molar-refractivity contribution in [2.24, 2.45) is 0 Å². The van der Waals surface area contributed by atoms with E-state index in [-0.39, 0.29) is 0 Å². The molecule has 0 amide bonds. The predicted molar refractivity (Wildman–Crippen MR) is 65.0 cm³/mol. The summed E-state index contributed by atoms with van der Waals surface area (Å²) in [7, 11) is 0. The highest BCUT2D eigenvalue weighted by Gasteiger charge is 2.09. The van der Waals surface area contributed by atoms with Crippen LogP contribution in [0.2, 0.25) is 0 Å². The number of nitrogens with two attached hydrogens (primary N) is 1. The van der Waals surface area contributed by atoms with E-state index in [9.17, 15) is 0 Å². The number of hydrogen-bond donors (Lipinski definition) is 1. The van der Waals surface area contributed by atoms with E-state index in [0.29, 0.717) is 0 Å². The molecule has 0 radical (unpaired) electrons. The van der Waals surface area contributed by atoms with Crippen LogP contribution in [0.5, 0.6) is 0 Å². The van der Waals surface area contributed by atoms with Crippen molar-refractivity contribution in [1.82, 2.24) is 14.8 Å². The fourth-order valence-corrected chi connectivity index (χ4v) is 1.75. The highest BCUT2D eigenvalue weighted by molar-refractivity contribution is 5.63. The van der Waals surface area contributed by atoms with Crippen molar-refractivity contribution in [3.63, 3.8) is 0 Å². The zero-order valence-electron chi connectivity index (χ0n) is 9.86. The van der Waals surface area contributed by atoms with E-state index < -0.39 is 0 Å². The van der Waals surface area contributed by atoms with E-state index in [4.69, 9.17) is 5.73 Å². The minimum absolute atomic E-state index is 0.792. The maximum Gasteiger partial charge on any atom is 0.164 e. The molecule has 0 saturated carbocycles. The molecule has 2 rings (SSSR count). The first-order valence-electron chi connectivity index (χ1n) is 5.39. The van der Waals surface area contributed by atoms with Crippen molar-refractivity contribution in [3.05, 3.63) is 29.6 Å². The molecule has 0 aliphatic rings. The number of nitrogens with zero attached hydrogens (tertiary/aromatic N) is 3. The maximum absolute atomic E-state index is 5.90. The molecule has 2 aromatic rings. The van der Waals surface area contributed by atoms with Gasteiger partial charge >= 0.3 is 0 Å². The molecule has 4 nitrogen and oxygen atoms in total. The molecule has 0 aliphatic carbocycles. The van der Waals surface area contributed by atoms with Crippen LogP contribution in [0.15, 0.2) is 18.2 Å². The molecule has 0 fully saturated rings. The third kappa shape index (κ3) is 1.66. The molecule has 1 aromatic heterocycles. The zero-order chi connectivity index (χ0) is 11.7. The summed E-state index contributed by atoms with van der Waals surface area (Å²) in [4.78, 5) is 0. The zero-order valence-corrected chi connectivity index (χ0v) is 9.86. The summed E-state index contributed by atoms with van der Waals surface area (Å²) in [6.45, 7) is 6.89. The summed E-state index contributed by atoms with van der Waals surface area (Å²) in [6, 6.07) is 5.99. The van der Waals surface area contributed by atoms with Gasteiger partial charge in [0.05, 0.1) is 0 Å². The van der Waals surface area contributed by atoms with E-state index in [1.165, 1.54) is 0 Å². The van der Waals surface area contributed by atoms with Crippen LogP contribution >= 0.6 is 0 Å². The molecule has 0 unspecified atom stereocenters. The number of anilines is 1. The second kappa shape index (κ2) is 3.96. The van der Waals surface area contributed by atoms with Gasteiger partial charge in [0.1, 0.15) is 5.82 Å². The van der Waals surface area contributed by atoms with Gasteiger partial charge in [-0.3, -0.25) is 0 Å². The number of aromatic nitrogens is 3. The highest BCUT2D eigenvalue weighted by Crippen LogP contribution is 2.22. The topological polar surface area (TPSA) is 56.7 Å². The Kier molecular flexibility index (Phi) is 2.64. The minimum atomic E-state index is 0.792. The Hall–Kier alpha value is -1.84. The largest absolute Gasteiger partial charge is 0.398 e. The molecule has 1 heterocycles. The van der Waals surface area contributed by atoms with Gasteiger partial charge in [0.25, 0.3) is 0 Å². The normalized spacial score (nSPS) is 10.7. The third-order valence-electron chi connectivity index (χ3n) is 2.79. The van der Waals surface area contributed by atoms with Gasteiger partial charge in [-0.25, -0.2) is 0 Å². The summed E-state index contributed by atoms with van der Waals surface area (Å²) in [5, 5.41) is 8.27. The van der Waals surface area contributed by atoms with Crippen LogP contribution in [0.1, 0.15) is 18.3 Å². The predicted octanol–water partition coefficient (Wildman–Crippen LogP) is 2.16. The Balaban J connectivity index is 2.54. The van der Waals surface area contributed by atoms with Crippen LogP contribution in [0, 0.1) is 13.8 Å². The number of hydrogen-bond acceptors (Lipinski definition) is 3. The van der Waals surface area contributed by atoms with E-state index in [2.05, 4.69) is 21.7 Å². The van der Waals surface area contributed by atoms with Crippen LogP contribution in [0.25, 0.3) is 11.4 Å². The van der Waals surface area contributed by atoms with E-state index in [1.807, 2.05) is 32.0 Å². The van der Waals surface area contributed by atoms with Crippen molar-refractivity contribution < 1.29 is 0 Å². The van der Waals surface area contributed by atoms with Gasteiger partial charge in [-0.15, -0.1) is 10.2 Å². The summed E-state index contributed by atoms with van der Waals surface area (Å²) in [6.07, 6.45) is 0. The molecule has 84 valence electrons. The first kappa shape index (κ1) is 10.7. The lowest BCUT2D eigenvalue weighted by Gasteiger charge is -2.07. The molecule has 0 saturated heterocycles. The Morgan fingerprint density at radius 1 is 1.25 bits per heavy atom. The molecule has 0 aliphatic heterocycles. The molecular formula is C12H16N4. The molecule has 16 heavy (non-hydrogen) atoms. The minimum Gasteiger partial charge on any atom is -0.398 e. The van der Waals surface area contributed by atoms with Gasteiger partial charge in [-0.05, 0) is 32.4 Å². The van der Waals surface area contributed by atoms with Gasteiger partial charge in [0.2, 0.25) is 0 Å². The number of aryl methyl sites for hydroxylation is 2. The van der Waals surface area contributed by atoms with Crippen molar-refractivity contribution >= 4 is 5.69 Å². The van der Waals surface area contributed by atoms with Gasteiger partial charge in [-0.1, -0.05) is 12.1 Å². The second-order valence-corrected chi connectivity index (χ2v) is 3.89. The van der Waals surface area contributed by atoms with Crippen LogP contribution in [-0.4, -0.2) is 14.8 Å². The average molecular weight is 216 g/mol. The Morgan fingerprint density at radius 2 is 2.00 bits per heavy atom. The standard InChI is InChI=1S/C12H16N4/c1-4-16-9(3)14-15-12(16)10-6-5-8(2)11(13)7-10/h5-7H,4,13H2,1-3H3. The fourth-order valence-electron chi connectivity index (χ4n) is 1.75. The molecule has 1 aromatic carbocycles. The smallest absolute Gasteiger partial charge is 0.164 e. The van der Waals surface area contributed by atoms with Gasteiger partial charge in [0.15, 0.2) is 5.82 Å². The summed E-state index contributed by atoms with van der Waals surface area (Å²) in [5.74, 6) is 1.81. The second-order valence-electron chi connectivity index (χ2n) is 3.89. The maximum atomic E-state index is 5.90. The number of nitrogen functional groups attached to an aromatic ring is 1. The van der Waals surface area contributed by atoms with Crippen molar-refractivity contribution in [1.29, 1.82) is 0 Å².